The molecule has 2 aromatic heterocycles. The average molecular weight is 288 g/mol. The highest BCUT2D eigenvalue weighted by molar-refractivity contribution is 5.76. The average Bonchev–Trinajstić information content (AvgIpc) is 3.16. The molecule has 7 heteroatoms. The lowest BCUT2D eigenvalue weighted by molar-refractivity contribution is -0.121. The predicted molar refractivity (Wildman–Crippen MR) is 81.4 cm³/mol. The van der Waals surface area contributed by atoms with Gasteiger partial charge in [0.1, 0.15) is 5.82 Å². The number of anilines is 2. The number of fused-ring (bicyclic) bond motifs is 1. The first-order valence-corrected chi connectivity index (χ1v) is 7.31. The number of hydrogen-bond acceptors (Lipinski definition) is 5. The van der Waals surface area contributed by atoms with Gasteiger partial charge in [-0.15, -0.1) is 0 Å². The molecule has 0 aromatic carbocycles. The summed E-state index contributed by atoms with van der Waals surface area (Å²) in [7, 11) is 1.83. The third-order valence-corrected chi connectivity index (χ3v) is 3.45. The molecule has 0 atom stereocenters. The van der Waals surface area contributed by atoms with Gasteiger partial charge in [-0.2, -0.15) is 0 Å². The van der Waals surface area contributed by atoms with Crippen LogP contribution in [0.4, 0.5) is 11.6 Å². The highest BCUT2D eigenvalue weighted by Gasteiger charge is 2.22. The van der Waals surface area contributed by atoms with E-state index in [-0.39, 0.29) is 5.91 Å². The Morgan fingerprint density at radius 3 is 3.10 bits per heavy atom. The van der Waals surface area contributed by atoms with E-state index < -0.39 is 0 Å². The lowest BCUT2D eigenvalue weighted by Crippen LogP contribution is -2.25. The topological polar surface area (TPSA) is 83.3 Å². The fourth-order valence-corrected chi connectivity index (χ4v) is 2.15. The van der Waals surface area contributed by atoms with E-state index in [0.717, 1.165) is 36.5 Å². The largest absolute Gasteiger partial charge is 0.372 e. The normalized spacial score (nSPS) is 14.1. The zero-order valence-corrected chi connectivity index (χ0v) is 12.1. The van der Waals surface area contributed by atoms with E-state index >= 15 is 0 Å². The number of amides is 1. The molecule has 3 rings (SSSR count). The van der Waals surface area contributed by atoms with Gasteiger partial charge in [0.15, 0.2) is 11.5 Å². The summed E-state index contributed by atoms with van der Waals surface area (Å²) in [5.41, 5.74) is 0.788. The van der Waals surface area contributed by atoms with Gasteiger partial charge < -0.3 is 20.4 Å². The van der Waals surface area contributed by atoms with E-state index in [4.69, 9.17) is 0 Å². The van der Waals surface area contributed by atoms with Crippen molar-refractivity contribution in [1.82, 2.24) is 19.7 Å². The van der Waals surface area contributed by atoms with E-state index in [1.54, 1.807) is 6.20 Å². The van der Waals surface area contributed by atoms with Gasteiger partial charge in [-0.1, -0.05) is 0 Å². The molecule has 3 N–H and O–H groups in total. The van der Waals surface area contributed by atoms with Crippen molar-refractivity contribution in [3.05, 3.63) is 18.6 Å². The molecule has 0 aliphatic heterocycles. The molecule has 112 valence electrons. The number of imidazole rings is 1. The van der Waals surface area contributed by atoms with Crippen molar-refractivity contribution in [2.24, 2.45) is 0 Å². The van der Waals surface area contributed by atoms with Crippen LogP contribution in [0.3, 0.4) is 0 Å². The van der Waals surface area contributed by atoms with Crippen molar-refractivity contribution in [2.45, 2.75) is 31.7 Å². The minimum atomic E-state index is 0.141. The minimum Gasteiger partial charge on any atom is -0.372 e. The van der Waals surface area contributed by atoms with E-state index in [9.17, 15) is 4.79 Å². The Kier molecular flexibility index (Phi) is 3.89. The van der Waals surface area contributed by atoms with Crippen LogP contribution in [0.25, 0.3) is 5.65 Å². The lowest BCUT2D eigenvalue weighted by Gasteiger charge is -2.09. The molecule has 0 spiro atoms. The summed E-state index contributed by atoms with van der Waals surface area (Å²) in [6.45, 7) is 0.695. The number of hydrogen-bond donors (Lipinski definition) is 3. The number of nitrogens with one attached hydrogen (secondary N) is 3. The lowest BCUT2D eigenvalue weighted by atomic mass is 10.3. The molecule has 1 aliphatic rings. The van der Waals surface area contributed by atoms with Crippen LogP contribution >= 0.6 is 0 Å². The molecular formula is C14H20N6O. The molecule has 7 nitrogen and oxygen atoms in total. The van der Waals surface area contributed by atoms with Gasteiger partial charge in [0.05, 0.1) is 6.20 Å². The molecule has 0 radical (unpaired) electrons. The molecule has 1 fully saturated rings. The van der Waals surface area contributed by atoms with Crippen molar-refractivity contribution in [3.63, 3.8) is 0 Å². The Hall–Kier alpha value is -2.31. The second-order valence-electron chi connectivity index (χ2n) is 5.25. The Labute approximate surface area is 123 Å². The maximum Gasteiger partial charge on any atom is 0.220 e. The SMILES string of the molecule is CNc1cn2ccnc2c(NCCCC(=O)NC2CC2)n1. The zero-order chi connectivity index (χ0) is 14.7. The van der Waals surface area contributed by atoms with Crippen LogP contribution in [-0.2, 0) is 4.79 Å². The molecule has 0 saturated heterocycles. The fourth-order valence-electron chi connectivity index (χ4n) is 2.15. The van der Waals surface area contributed by atoms with Gasteiger partial charge in [0, 0.05) is 38.4 Å². The molecule has 2 heterocycles. The smallest absolute Gasteiger partial charge is 0.220 e. The Balaban J connectivity index is 1.54. The highest BCUT2D eigenvalue weighted by atomic mass is 16.1. The molecule has 0 unspecified atom stereocenters. The van der Waals surface area contributed by atoms with Gasteiger partial charge in [-0.05, 0) is 19.3 Å². The van der Waals surface area contributed by atoms with Crippen molar-refractivity contribution in [2.75, 3.05) is 24.2 Å². The number of carbonyl (C=O) groups is 1. The summed E-state index contributed by atoms with van der Waals surface area (Å²) in [5.74, 6) is 1.64. The summed E-state index contributed by atoms with van der Waals surface area (Å²) >= 11 is 0. The standard InChI is InChI=1S/C14H20N6O/c1-15-11-9-20-8-7-17-14(20)13(19-11)16-6-2-3-12(21)18-10-4-5-10/h7-10,15H,2-6H2,1H3,(H,16,19)(H,18,21). The van der Waals surface area contributed by atoms with Crippen LogP contribution < -0.4 is 16.0 Å². The fraction of sp³-hybridized carbons (Fsp3) is 0.500. The summed E-state index contributed by atoms with van der Waals surface area (Å²) in [4.78, 5) is 20.3. The maximum absolute atomic E-state index is 11.6. The van der Waals surface area contributed by atoms with Crippen molar-refractivity contribution < 1.29 is 4.79 Å². The van der Waals surface area contributed by atoms with Crippen molar-refractivity contribution in [3.8, 4) is 0 Å². The third-order valence-electron chi connectivity index (χ3n) is 3.45. The third kappa shape index (κ3) is 3.42. The van der Waals surface area contributed by atoms with Gasteiger partial charge in [-0.3, -0.25) is 4.79 Å². The molecule has 2 aromatic rings. The predicted octanol–water partition coefficient (Wildman–Crippen LogP) is 1.24. The molecule has 0 bridgehead atoms. The van der Waals surface area contributed by atoms with Gasteiger partial charge in [-0.25, -0.2) is 9.97 Å². The Bertz CT molecular complexity index is 633. The second kappa shape index (κ2) is 5.99. The minimum absolute atomic E-state index is 0.141. The van der Waals surface area contributed by atoms with Crippen molar-refractivity contribution >= 4 is 23.2 Å². The van der Waals surface area contributed by atoms with Crippen LogP contribution in [0.2, 0.25) is 0 Å². The highest BCUT2D eigenvalue weighted by Crippen LogP contribution is 2.19. The Morgan fingerprint density at radius 1 is 1.48 bits per heavy atom. The van der Waals surface area contributed by atoms with E-state index in [2.05, 4.69) is 25.9 Å². The van der Waals surface area contributed by atoms with Gasteiger partial charge in [0.25, 0.3) is 0 Å². The van der Waals surface area contributed by atoms with Crippen LogP contribution in [-0.4, -0.2) is 39.9 Å². The monoisotopic (exact) mass is 288 g/mol. The first-order valence-electron chi connectivity index (χ1n) is 7.31. The molecule has 1 amide bonds. The number of rotatable bonds is 7. The van der Waals surface area contributed by atoms with Gasteiger partial charge in [0.2, 0.25) is 5.91 Å². The summed E-state index contributed by atoms with van der Waals surface area (Å²) in [5, 5.41) is 9.27. The molecule has 1 saturated carbocycles. The van der Waals surface area contributed by atoms with E-state index in [1.807, 2.05) is 23.8 Å². The number of carbonyl (C=O) groups excluding carboxylic acids is 1. The second-order valence-corrected chi connectivity index (χ2v) is 5.25. The zero-order valence-electron chi connectivity index (χ0n) is 12.1. The van der Waals surface area contributed by atoms with Gasteiger partial charge >= 0.3 is 0 Å². The van der Waals surface area contributed by atoms with Crippen LogP contribution in [0.5, 0.6) is 0 Å². The summed E-state index contributed by atoms with van der Waals surface area (Å²) in [6.07, 6.45) is 9.08. The maximum atomic E-state index is 11.6. The number of nitrogens with zero attached hydrogens (tertiary/aromatic N) is 3. The molecule has 1 aliphatic carbocycles. The number of aromatic nitrogens is 3. The quantitative estimate of drug-likeness (QED) is 0.668. The van der Waals surface area contributed by atoms with Crippen LogP contribution in [0, 0.1) is 0 Å². The summed E-state index contributed by atoms with van der Waals surface area (Å²) < 4.78 is 1.92. The van der Waals surface area contributed by atoms with Crippen LogP contribution in [0.15, 0.2) is 18.6 Å². The summed E-state index contributed by atoms with van der Waals surface area (Å²) in [6, 6.07) is 0.434. The molecular weight excluding hydrogens is 268 g/mol. The first-order chi connectivity index (χ1) is 10.3. The Morgan fingerprint density at radius 2 is 2.33 bits per heavy atom. The first kappa shape index (κ1) is 13.7. The molecule has 21 heavy (non-hydrogen) atoms. The van der Waals surface area contributed by atoms with Crippen LogP contribution in [0.1, 0.15) is 25.7 Å². The van der Waals surface area contributed by atoms with Crippen molar-refractivity contribution in [1.29, 1.82) is 0 Å². The van der Waals surface area contributed by atoms with E-state index in [0.29, 0.717) is 19.0 Å². The van der Waals surface area contributed by atoms with E-state index in [1.165, 1.54) is 0 Å².